The molecule has 2 aromatic rings. The van der Waals surface area contributed by atoms with Crippen molar-refractivity contribution in [3.05, 3.63) is 23.0 Å². The third-order valence-electron chi connectivity index (χ3n) is 2.94. The topological polar surface area (TPSA) is 47.0 Å². The van der Waals surface area contributed by atoms with E-state index in [2.05, 4.69) is 4.98 Å². The molecule has 2 rings (SSSR count). The molecule has 0 bridgehead atoms. The van der Waals surface area contributed by atoms with Crippen molar-refractivity contribution in [2.45, 2.75) is 20.4 Å². The molecule has 1 N–H and O–H groups in total. The maximum Gasteiger partial charge on any atom is 0.178 e. The Hall–Kier alpha value is -1.14. The Morgan fingerprint density at radius 2 is 2.21 bits per heavy atom. The zero-order chi connectivity index (χ0) is 13.8. The summed E-state index contributed by atoms with van der Waals surface area (Å²) in [7, 11) is -0.784. The molecule has 1 atom stereocenters. The van der Waals surface area contributed by atoms with Crippen molar-refractivity contribution in [3.63, 3.8) is 0 Å². The molecule has 0 fully saturated rings. The normalized spacial score (nSPS) is 12.7. The van der Waals surface area contributed by atoms with E-state index >= 15 is 0 Å². The zero-order valence-corrected chi connectivity index (χ0v) is 12.8. The highest BCUT2D eigenvalue weighted by Crippen LogP contribution is 2.24. The van der Waals surface area contributed by atoms with E-state index in [1.165, 1.54) is 0 Å². The Balaban J connectivity index is 2.39. The lowest BCUT2D eigenvalue weighted by Gasteiger charge is -2.06. The molecule has 4 nitrogen and oxygen atoms in total. The fraction of sp³-hybridized carbons (Fsp3) is 0.462. The second-order valence-corrected chi connectivity index (χ2v) is 6.35. The Morgan fingerprint density at radius 3 is 2.89 bits per heavy atom. The average Bonchev–Trinajstić information content (AvgIpc) is 2.73. The van der Waals surface area contributed by atoms with Gasteiger partial charge in [-0.3, -0.25) is 4.21 Å². The minimum atomic E-state index is -0.784. The number of nitrogens with zero attached hydrogens (tertiary/aromatic N) is 1. The van der Waals surface area contributed by atoms with Crippen molar-refractivity contribution in [1.29, 1.82) is 0 Å². The molecule has 0 aliphatic carbocycles. The van der Waals surface area contributed by atoms with E-state index in [1.807, 2.05) is 36.6 Å². The summed E-state index contributed by atoms with van der Waals surface area (Å²) in [5.74, 6) is 2.11. The van der Waals surface area contributed by atoms with Gasteiger partial charge in [-0.25, -0.2) is 0 Å². The molecule has 0 aliphatic rings. The first-order valence-electron chi connectivity index (χ1n) is 6.36. The summed E-state index contributed by atoms with van der Waals surface area (Å²) in [6, 6.07) is 5.87. The monoisotopic (exact) mass is 298 g/mol. The highest BCUT2D eigenvalue weighted by molar-refractivity contribution is 7.84. The van der Waals surface area contributed by atoms with Crippen molar-refractivity contribution in [2.24, 2.45) is 0 Å². The number of hydrogen-bond donors (Lipinski definition) is 1. The van der Waals surface area contributed by atoms with Gasteiger partial charge in [0, 0.05) is 28.9 Å². The predicted molar refractivity (Wildman–Crippen MR) is 81.8 cm³/mol. The van der Waals surface area contributed by atoms with Gasteiger partial charge >= 0.3 is 0 Å². The van der Waals surface area contributed by atoms with Crippen LogP contribution in [-0.2, 0) is 17.3 Å². The highest BCUT2D eigenvalue weighted by atomic mass is 32.2. The average molecular weight is 298 g/mol. The number of hydrogen-bond acceptors (Lipinski definition) is 3. The summed E-state index contributed by atoms with van der Waals surface area (Å²) in [4.78, 5) is 3.18. The van der Waals surface area contributed by atoms with E-state index in [0.717, 1.165) is 16.8 Å². The van der Waals surface area contributed by atoms with E-state index in [-0.39, 0.29) is 0 Å². The predicted octanol–water partition coefficient (Wildman–Crippen LogP) is 2.87. The first-order valence-corrected chi connectivity index (χ1v) is 8.26. The Bertz CT molecular complexity index is 646. The summed E-state index contributed by atoms with van der Waals surface area (Å²) < 4.78 is 19.8. The molecule has 0 amide bonds. The van der Waals surface area contributed by atoms with Crippen molar-refractivity contribution >= 4 is 34.1 Å². The van der Waals surface area contributed by atoms with Gasteiger partial charge in [0.05, 0.1) is 12.1 Å². The highest BCUT2D eigenvalue weighted by Gasteiger charge is 2.09. The fourth-order valence-electron chi connectivity index (χ4n) is 1.99. The van der Waals surface area contributed by atoms with Crippen LogP contribution in [0.1, 0.15) is 13.8 Å². The minimum Gasteiger partial charge on any atom is -0.492 e. The third-order valence-corrected chi connectivity index (χ3v) is 4.54. The lowest BCUT2D eigenvalue weighted by Crippen LogP contribution is -2.08. The SMILES string of the molecule is CCOc1cccc2c1[nH]c(=S)n2CCS(=O)CC. The number of benzene rings is 1. The van der Waals surface area contributed by atoms with E-state index in [1.54, 1.807) is 0 Å². The number of rotatable bonds is 6. The van der Waals surface area contributed by atoms with Crippen molar-refractivity contribution < 1.29 is 8.95 Å². The van der Waals surface area contributed by atoms with Crippen molar-refractivity contribution in [2.75, 3.05) is 18.1 Å². The molecule has 1 aromatic heterocycles. The smallest absolute Gasteiger partial charge is 0.178 e. The summed E-state index contributed by atoms with van der Waals surface area (Å²) in [6.07, 6.45) is 0. The number of imidazole rings is 1. The maximum atomic E-state index is 11.6. The van der Waals surface area contributed by atoms with E-state index in [9.17, 15) is 4.21 Å². The molecule has 1 aromatic carbocycles. The molecule has 0 saturated heterocycles. The summed E-state index contributed by atoms with van der Waals surface area (Å²) in [6.45, 7) is 5.16. The van der Waals surface area contributed by atoms with Crippen LogP contribution in [0.25, 0.3) is 11.0 Å². The van der Waals surface area contributed by atoms with Gasteiger partial charge in [-0.2, -0.15) is 0 Å². The molecule has 1 heterocycles. The van der Waals surface area contributed by atoms with Crippen LogP contribution < -0.4 is 4.74 Å². The van der Waals surface area contributed by atoms with E-state index < -0.39 is 10.8 Å². The number of aromatic amines is 1. The van der Waals surface area contributed by atoms with Crippen molar-refractivity contribution in [1.82, 2.24) is 9.55 Å². The van der Waals surface area contributed by atoms with E-state index in [0.29, 0.717) is 29.4 Å². The lowest BCUT2D eigenvalue weighted by atomic mass is 10.3. The molecular formula is C13H18N2O2S2. The molecular weight excluding hydrogens is 280 g/mol. The summed E-state index contributed by atoms with van der Waals surface area (Å²) >= 11 is 5.34. The standard InChI is InChI=1S/C13H18N2O2S2/c1-3-17-11-7-5-6-10-12(11)14-13(18)15(10)8-9-19(16)4-2/h5-7H,3-4,8-9H2,1-2H3,(H,14,18). The number of ether oxygens (including phenoxy) is 1. The number of aromatic nitrogens is 2. The molecule has 0 aliphatic heterocycles. The second-order valence-electron chi connectivity index (χ2n) is 4.10. The largest absolute Gasteiger partial charge is 0.492 e. The Labute approximate surface area is 120 Å². The van der Waals surface area contributed by atoms with Crippen LogP contribution in [0.5, 0.6) is 5.75 Å². The van der Waals surface area contributed by atoms with Crippen LogP contribution in [-0.4, -0.2) is 31.9 Å². The zero-order valence-electron chi connectivity index (χ0n) is 11.1. The van der Waals surface area contributed by atoms with Crippen molar-refractivity contribution in [3.8, 4) is 5.75 Å². The molecule has 19 heavy (non-hydrogen) atoms. The van der Waals surface area contributed by atoms with Gasteiger partial charge in [-0.15, -0.1) is 0 Å². The van der Waals surface area contributed by atoms with Gasteiger partial charge in [-0.05, 0) is 31.3 Å². The molecule has 6 heteroatoms. The van der Waals surface area contributed by atoms with Crippen LogP contribution in [0, 0.1) is 4.77 Å². The van der Waals surface area contributed by atoms with Crippen LogP contribution >= 0.6 is 12.2 Å². The maximum absolute atomic E-state index is 11.6. The second kappa shape index (κ2) is 6.34. The van der Waals surface area contributed by atoms with Crippen LogP contribution in [0.4, 0.5) is 0 Å². The number of aryl methyl sites for hydroxylation is 1. The van der Waals surface area contributed by atoms with Crippen LogP contribution in [0.2, 0.25) is 0 Å². The molecule has 0 saturated carbocycles. The molecule has 0 radical (unpaired) electrons. The van der Waals surface area contributed by atoms with Crippen LogP contribution in [0.3, 0.4) is 0 Å². The van der Waals surface area contributed by atoms with E-state index in [4.69, 9.17) is 17.0 Å². The minimum absolute atomic E-state index is 0.616. The number of fused-ring (bicyclic) bond motifs is 1. The lowest BCUT2D eigenvalue weighted by molar-refractivity contribution is 0.343. The Kier molecular flexibility index (Phi) is 4.76. The number of H-pyrrole nitrogens is 1. The van der Waals surface area contributed by atoms with Gasteiger partial charge in [0.1, 0.15) is 11.3 Å². The molecule has 104 valence electrons. The number of para-hydroxylation sites is 1. The van der Waals surface area contributed by atoms with Gasteiger partial charge in [-0.1, -0.05) is 13.0 Å². The first-order chi connectivity index (χ1) is 9.17. The summed E-state index contributed by atoms with van der Waals surface area (Å²) in [5.41, 5.74) is 1.92. The number of nitrogens with one attached hydrogen (secondary N) is 1. The first kappa shape index (κ1) is 14.3. The van der Waals surface area contributed by atoms with Gasteiger partial charge in [0.25, 0.3) is 0 Å². The fourth-order valence-corrected chi connectivity index (χ4v) is 2.96. The third kappa shape index (κ3) is 3.06. The van der Waals surface area contributed by atoms with Crippen LogP contribution in [0.15, 0.2) is 18.2 Å². The van der Waals surface area contributed by atoms with Gasteiger partial charge in [0.15, 0.2) is 4.77 Å². The quantitative estimate of drug-likeness (QED) is 0.834. The van der Waals surface area contributed by atoms with Gasteiger partial charge in [0.2, 0.25) is 0 Å². The Morgan fingerprint density at radius 1 is 1.42 bits per heavy atom. The molecule has 1 unspecified atom stereocenters. The van der Waals surface area contributed by atoms with Gasteiger partial charge < -0.3 is 14.3 Å². The molecule has 0 spiro atoms. The summed E-state index contributed by atoms with van der Waals surface area (Å²) in [5, 5.41) is 0.